The number of rotatable bonds is 6. The molecule has 1 aliphatic carbocycles. The molecule has 3 heteroatoms. The molecule has 0 aromatic carbocycles. The Labute approximate surface area is 112 Å². The van der Waals surface area contributed by atoms with Crippen molar-refractivity contribution in [1.82, 2.24) is 5.32 Å². The molecule has 0 aliphatic heterocycles. The van der Waals surface area contributed by atoms with Crippen molar-refractivity contribution in [3.63, 3.8) is 0 Å². The van der Waals surface area contributed by atoms with Gasteiger partial charge in [-0.2, -0.15) is 0 Å². The van der Waals surface area contributed by atoms with Gasteiger partial charge in [0.25, 0.3) is 0 Å². The summed E-state index contributed by atoms with van der Waals surface area (Å²) in [6.45, 7) is 7.10. The minimum atomic E-state index is -0.239. The fourth-order valence-electron chi connectivity index (χ4n) is 2.56. The van der Waals surface area contributed by atoms with Gasteiger partial charge in [-0.1, -0.05) is 32.6 Å². The standard InChI is InChI=1S/C15H30N2O/c1-12-4-6-13(7-5-12)9-11-17-14(18)8-10-15(2,3)16/h12-13H,4-11,16H2,1-3H3,(H,17,18). The van der Waals surface area contributed by atoms with E-state index in [9.17, 15) is 4.79 Å². The Kier molecular flexibility index (Phi) is 6.13. The largest absolute Gasteiger partial charge is 0.356 e. The minimum absolute atomic E-state index is 0.151. The zero-order chi connectivity index (χ0) is 13.6. The molecule has 0 saturated heterocycles. The molecule has 18 heavy (non-hydrogen) atoms. The van der Waals surface area contributed by atoms with Crippen molar-refractivity contribution in [2.45, 2.75) is 71.3 Å². The molecular weight excluding hydrogens is 224 g/mol. The van der Waals surface area contributed by atoms with Crippen molar-refractivity contribution < 1.29 is 4.79 Å². The number of nitrogens with one attached hydrogen (secondary N) is 1. The van der Waals surface area contributed by atoms with Gasteiger partial charge in [0.2, 0.25) is 5.91 Å². The first-order valence-corrected chi connectivity index (χ1v) is 7.42. The third-order valence-electron chi connectivity index (χ3n) is 4.01. The lowest BCUT2D eigenvalue weighted by atomic mass is 9.81. The molecule has 0 aromatic heterocycles. The third kappa shape index (κ3) is 7.00. The zero-order valence-corrected chi connectivity index (χ0v) is 12.3. The van der Waals surface area contributed by atoms with Crippen LogP contribution in [0.4, 0.5) is 0 Å². The highest BCUT2D eigenvalue weighted by molar-refractivity contribution is 5.75. The summed E-state index contributed by atoms with van der Waals surface area (Å²) in [5, 5.41) is 3.02. The van der Waals surface area contributed by atoms with Crippen LogP contribution in [0.5, 0.6) is 0 Å². The second kappa shape index (κ2) is 7.13. The van der Waals surface area contributed by atoms with Crippen LogP contribution >= 0.6 is 0 Å². The van der Waals surface area contributed by atoms with E-state index in [0.29, 0.717) is 6.42 Å². The summed E-state index contributed by atoms with van der Waals surface area (Å²) in [4.78, 5) is 11.6. The highest BCUT2D eigenvalue weighted by Gasteiger charge is 2.18. The Bertz CT molecular complexity index is 250. The van der Waals surface area contributed by atoms with Gasteiger partial charge in [-0.15, -0.1) is 0 Å². The summed E-state index contributed by atoms with van der Waals surface area (Å²) in [6.07, 6.45) is 7.84. The quantitative estimate of drug-likeness (QED) is 0.766. The van der Waals surface area contributed by atoms with Crippen molar-refractivity contribution in [3.8, 4) is 0 Å². The summed E-state index contributed by atoms with van der Waals surface area (Å²) in [5.74, 6) is 1.88. The second-order valence-corrected chi connectivity index (χ2v) is 6.75. The maximum Gasteiger partial charge on any atom is 0.220 e. The molecule has 3 N–H and O–H groups in total. The Morgan fingerprint density at radius 1 is 1.28 bits per heavy atom. The van der Waals surface area contributed by atoms with Crippen molar-refractivity contribution >= 4 is 5.91 Å². The van der Waals surface area contributed by atoms with Crippen LogP contribution in [0.3, 0.4) is 0 Å². The average molecular weight is 254 g/mol. The van der Waals surface area contributed by atoms with Crippen LogP contribution in [0.2, 0.25) is 0 Å². The summed E-state index contributed by atoms with van der Waals surface area (Å²) >= 11 is 0. The lowest BCUT2D eigenvalue weighted by molar-refractivity contribution is -0.121. The number of hydrogen-bond acceptors (Lipinski definition) is 2. The monoisotopic (exact) mass is 254 g/mol. The molecule has 0 bridgehead atoms. The number of hydrogen-bond donors (Lipinski definition) is 2. The van der Waals surface area contributed by atoms with Crippen LogP contribution in [0.1, 0.15) is 65.7 Å². The van der Waals surface area contributed by atoms with E-state index in [1.165, 1.54) is 25.7 Å². The van der Waals surface area contributed by atoms with E-state index in [4.69, 9.17) is 5.73 Å². The molecule has 0 aromatic rings. The highest BCUT2D eigenvalue weighted by Crippen LogP contribution is 2.29. The maximum atomic E-state index is 11.6. The summed E-state index contributed by atoms with van der Waals surface area (Å²) in [5.41, 5.74) is 5.62. The van der Waals surface area contributed by atoms with Crippen molar-refractivity contribution in [2.75, 3.05) is 6.54 Å². The zero-order valence-electron chi connectivity index (χ0n) is 12.3. The first-order chi connectivity index (χ1) is 8.37. The average Bonchev–Trinajstić information content (AvgIpc) is 2.28. The molecule has 106 valence electrons. The number of carbonyl (C=O) groups is 1. The predicted molar refractivity (Wildman–Crippen MR) is 76.2 cm³/mol. The molecule has 1 aliphatic rings. The molecule has 1 fully saturated rings. The maximum absolute atomic E-state index is 11.6. The highest BCUT2D eigenvalue weighted by atomic mass is 16.1. The van der Waals surface area contributed by atoms with Crippen LogP contribution in [0.15, 0.2) is 0 Å². The molecule has 1 saturated carbocycles. The van der Waals surface area contributed by atoms with E-state index >= 15 is 0 Å². The van der Waals surface area contributed by atoms with E-state index in [0.717, 1.165) is 31.2 Å². The number of nitrogens with two attached hydrogens (primary N) is 1. The third-order valence-corrected chi connectivity index (χ3v) is 4.01. The van der Waals surface area contributed by atoms with E-state index in [1.807, 2.05) is 13.8 Å². The van der Waals surface area contributed by atoms with Gasteiger partial charge in [0, 0.05) is 18.5 Å². The van der Waals surface area contributed by atoms with Crippen LogP contribution in [0, 0.1) is 11.8 Å². The van der Waals surface area contributed by atoms with Gasteiger partial charge in [0.15, 0.2) is 0 Å². The Morgan fingerprint density at radius 3 is 2.44 bits per heavy atom. The molecule has 0 atom stereocenters. The summed E-state index contributed by atoms with van der Waals surface area (Å²) in [7, 11) is 0. The van der Waals surface area contributed by atoms with Gasteiger partial charge in [0.1, 0.15) is 0 Å². The normalized spacial score (nSPS) is 24.9. The Hall–Kier alpha value is -0.570. The van der Waals surface area contributed by atoms with Crippen molar-refractivity contribution in [1.29, 1.82) is 0 Å². The first-order valence-electron chi connectivity index (χ1n) is 7.42. The van der Waals surface area contributed by atoms with E-state index < -0.39 is 0 Å². The molecule has 3 nitrogen and oxygen atoms in total. The first kappa shape index (κ1) is 15.5. The fraction of sp³-hybridized carbons (Fsp3) is 0.933. The minimum Gasteiger partial charge on any atom is -0.356 e. The lowest BCUT2D eigenvalue weighted by Gasteiger charge is -2.26. The predicted octanol–water partition coefficient (Wildman–Crippen LogP) is 2.84. The number of carbonyl (C=O) groups excluding carboxylic acids is 1. The Morgan fingerprint density at radius 2 is 1.89 bits per heavy atom. The van der Waals surface area contributed by atoms with E-state index in [-0.39, 0.29) is 11.4 Å². The lowest BCUT2D eigenvalue weighted by Crippen LogP contribution is -2.34. The SMILES string of the molecule is CC1CCC(CCNC(=O)CCC(C)(C)N)CC1. The molecule has 1 rings (SSSR count). The molecule has 0 unspecified atom stereocenters. The Balaban J connectivity index is 2.05. The topological polar surface area (TPSA) is 55.1 Å². The van der Waals surface area contributed by atoms with Crippen LogP contribution in [-0.4, -0.2) is 18.0 Å². The van der Waals surface area contributed by atoms with Crippen molar-refractivity contribution in [3.05, 3.63) is 0 Å². The molecule has 1 amide bonds. The van der Waals surface area contributed by atoms with E-state index in [1.54, 1.807) is 0 Å². The van der Waals surface area contributed by atoms with Gasteiger partial charge in [0.05, 0.1) is 0 Å². The van der Waals surface area contributed by atoms with Gasteiger partial charge < -0.3 is 11.1 Å². The smallest absolute Gasteiger partial charge is 0.220 e. The van der Waals surface area contributed by atoms with Crippen LogP contribution < -0.4 is 11.1 Å². The summed E-state index contributed by atoms with van der Waals surface area (Å²) < 4.78 is 0. The van der Waals surface area contributed by atoms with Crippen LogP contribution in [-0.2, 0) is 4.79 Å². The summed E-state index contributed by atoms with van der Waals surface area (Å²) in [6, 6.07) is 0. The van der Waals surface area contributed by atoms with Crippen molar-refractivity contribution in [2.24, 2.45) is 17.6 Å². The van der Waals surface area contributed by atoms with Crippen LogP contribution in [0.25, 0.3) is 0 Å². The number of amides is 1. The van der Waals surface area contributed by atoms with Gasteiger partial charge in [-0.3, -0.25) is 4.79 Å². The van der Waals surface area contributed by atoms with Gasteiger partial charge in [-0.25, -0.2) is 0 Å². The molecule has 0 heterocycles. The molecule has 0 spiro atoms. The fourth-order valence-corrected chi connectivity index (χ4v) is 2.56. The van der Waals surface area contributed by atoms with Gasteiger partial charge >= 0.3 is 0 Å². The second-order valence-electron chi connectivity index (χ2n) is 6.75. The molecular formula is C15H30N2O. The van der Waals surface area contributed by atoms with E-state index in [2.05, 4.69) is 12.2 Å². The van der Waals surface area contributed by atoms with Gasteiger partial charge in [-0.05, 0) is 38.5 Å². The molecule has 0 radical (unpaired) electrons.